The Balaban J connectivity index is 1.37. The highest BCUT2D eigenvalue weighted by atomic mass is 35.5. The van der Waals surface area contributed by atoms with Crippen LogP contribution in [0.1, 0.15) is 5.56 Å². The van der Waals surface area contributed by atoms with E-state index in [4.69, 9.17) is 16.3 Å². The number of nitrogens with one attached hydrogen (secondary N) is 1. The molecule has 0 atom stereocenters. The number of anilines is 1. The summed E-state index contributed by atoms with van der Waals surface area (Å²) >= 11 is 7.32. The van der Waals surface area contributed by atoms with Gasteiger partial charge in [-0.25, -0.2) is 4.98 Å². The number of thiazole rings is 1. The number of carbonyl (C=O) groups is 1. The van der Waals surface area contributed by atoms with Gasteiger partial charge in [-0.15, -0.1) is 11.3 Å². The van der Waals surface area contributed by atoms with Crippen LogP contribution in [0.4, 0.5) is 5.13 Å². The van der Waals surface area contributed by atoms with Crippen molar-refractivity contribution < 1.29 is 9.53 Å². The second-order valence-corrected chi connectivity index (χ2v) is 8.02. The largest absolute Gasteiger partial charge is 0.483 e. The van der Waals surface area contributed by atoms with Gasteiger partial charge in [0, 0.05) is 16.0 Å². The van der Waals surface area contributed by atoms with Crippen LogP contribution in [0.2, 0.25) is 5.02 Å². The maximum Gasteiger partial charge on any atom is 0.264 e. The lowest BCUT2D eigenvalue weighted by atomic mass is 10.0. The summed E-state index contributed by atoms with van der Waals surface area (Å²) in [5, 5.41) is 5.89. The van der Waals surface area contributed by atoms with Crippen LogP contribution in [-0.2, 0) is 4.79 Å². The Labute approximate surface area is 184 Å². The first-order valence-electron chi connectivity index (χ1n) is 9.39. The summed E-state index contributed by atoms with van der Waals surface area (Å²) in [6.45, 7) is 1.79. The van der Waals surface area contributed by atoms with E-state index in [0.29, 0.717) is 15.9 Å². The van der Waals surface area contributed by atoms with E-state index in [1.807, 2.05) is 42.6 Å². The molecule has 0 aliphatic carbocycles. The molecule has 1 heterocycles. The fourth-order valence-electron chi connectivity index (χ4n) is 3.00. The fraction of sp³-hybridized carbons (Fsp3) is 0.0833. The summed E-state index contributed by atoms with van der Waals surface area (Å²) in [5.74, 6) is 0.373. The van der Waals surface area contributed by atoms with Gasteiger partial charge in [-0.2, -0.15) is 0 Å². The molecule has 30 heavy (non-hydrogen) atoms. The highest BCUT2D eigenvalue weighted by molar-refractivity contribution is 7.14. The lowest BCUT2D eigenvalue weighted by Gasteiger charge is -2.08. The molecule has 0 saturated heterocycles. The number of aromatic nitrogens is 1. The number of benzene rings is 3. The van der Waals surface area contributed by atoms with Gasteiger partial charge < -0.3 is 4.74 Å². The molecule has 0 saturated carbocycles. The van der Waals surface area contributed by atoms with Crippen LogP contribution in [0.5, 0.6) is 5.75 Å². The van der Waals surface area contributed by atoms with Gasteiger partial charge in [0.2, 0.25) is 0 Å². The Morgan fingerprint density at radius 1 is 1.00 bits per heavy atom. The summed E-state index contributed by atoms with van der Waals surface area (Å²) in [6.07, 6.45) is 0. The van der Waals surface area contributed by atoms with E-state index in [2.05, 4.69) is 34.6 Å². The second-order valence-electron chi connectivity index (χ2n) is 6.73. The molecule has 0 spiro atoms. The van der Waals surface area contributed by atoms with Gasteiger partial charge in [0.15, 0.2) is 11.7 Å². The zero-order valence-electron chi connectivity index (χ0n) is 16.3. The predicted octanol–water partition coefficient (Wildman–Crippen LogP) is 6.46. The molecule has 4 rings (SSSR count). The molecular formula is C24H19ClN2O2S. The molecule has 0 unspecified atom stereocenters. The van der Waals surface area contributed by atoms with Gasteiger partial charge in [0.1, 0.15) is 5.75 Å². The minimum atomic E-state index is -0.260. The molecule has 0 bridgehead atoms. The average Bonchev–Trinajstić information content (AvgIpc) is 3.22. The third-order valence-corrected chi connectivity index (χ3v) is 5.53. The van der Waals surface area contributed by atoms with Crippen molar-refractivity contribution in [3.8, 4) is 28.1 Å². The molecule has 1 aromatic heterocycles. The van der Waals surface area contributed by atoms with Crippen molar-refractivity contribution in [1.29, 1.82) is 0 Å². The maximum atomic E-state index is 12.2. The molecule has 1 N–H and O–H groups in total. The van der Waals surface area contributed by atoms with E-state index in [9.17, 15) is 4.79 Å². The smallest absolute Gasteiger partial charge is 0.264 e. The van der Waals surface area contributed by atoms with Crippen molar-refractivity contribution >= 4 is 34.0 Å². The Kier molecular flexibility index (Phi) is 6.12. The standard InChI is InChI=1S/C24H19ClN2O2S/c1-16-13-20(25)11-12-22(16)29-14-23(28)27-24-26-21(15-30-24)19-9-7-18(8-10-19)17-5-3-2-4-6-17/h2-13,15H,14H2,1H3,(H,26,27,28). The van der Waals surface area contributed by atoms with Crippen molar-refractivity contribution in [1.82, 2.24) is 4.98 Å². The molecule has 6 heteroatoms. The molecular weight excluding hydrogens is 416 g/mol. The van der Waals surface area contributed by atoms with Gasteiger partial charge in [-0.3, -0.25) is 10.1 Å². The first-order chi connectivity index (χ1) is 14.6. The van der Waals surface area contributed by atoms with Crippen molar-refractivity contribution in [2.75, 3.05) is 11.9 Å². The van der Waals surface area contributed by atoms with Crippen molar-refractivity contribution in [3.63, 3.8) is 0 Å². The summed E-state index contributed by atoms with van der Waals surface area (Å²) in [4.78, 5) is 16.7. The van der Waals surface area contributed by atoms with Gasteiger partial charge >= 0.3 is 0 Å². The van der Waals surface area contributed by atoms with Crippen LogP contribution in [0.15, 0.2) is 78.2 Å². The number of amides is 1. The molecule has 3 aromatic carbocycles. The molecule has 1 amide bonds. The van der Waals surface area contributed by atoms with E-state index in [1.165, 1.54) is 16.9 Å². The Morgan fingerprint density at radius 3 is 2.43 bits per heavy atom. The van der Waals surface area contributed by atoms with E-state index in [1.54, 1.807) is 18.2 Å². The average molecular weight is 435 g/mol. The van der Waals surface area contributed by atoms with Crippen molar-refractivity contribution in [2.24, 2.45) is 0 Å². The van der Waals surface area contributed by atoms with Crippen LogP contribution >= 0.6 is 22.9 Å². The van der Waals surface area contributed by atoms with Gasteiger partial charge in [0.05, 0.1) is 5.69 Å². The normalized spacial score (nSPS) is 10.6. The summed E-state index contributed by atoms with van der Waals surface area (Å²) in [5.41, 5.74) is 5.03. The Hall–Kier alpha value is -3.15. The van der Waals surface area contributed by atoms with Crippen LogP contribution < -0.4 is 10.1 Å². The van der Waals surface area contributed by atoms with E-state index in [-0.39, 0.29) is 12.5 Å². The van der Waals surface area contributed by atoms with Crippen molar-refractivity contribution in [2.45, 2.75) is 6.92 Å². The highest BCUT2D eigenvalue weighted by Gasteiger charge is 2.10. The third-order valence-electron chi connectivity index (χ3n) is 4.53. The zero-order chi connectivity index (χ0) is 20.9. The number of ether oxygens (including phenoxy) is 1. The van der Waals surface area contributed by atoms with Crippen LogP contribution in [0, 0.1) is 6.92 Å². The molecule has 4 nitrogen and oxygen atoms in total. The summed E-state index contributed by atoms with van der Waals surface area (Å²) in [6, 6.07) is 23.7. The first kappa shape index (κ1) is 20.1. The van der Waals surface area contributed by atoms with E-state index >= 15 is 0 Å². The summed E-state index contributed by atoms with van der Waals surface area (Å²) in [7, 11) is 0. The molecule has 0 fully saturated rings. The number of nitrogens with zero attached hydrogens (tertiary/aromatic N) is 1. The van der Waals surface area contributed by atoms with Crippen LogP contribution in [0.3, 0.4) is 0 Å². The lowest BCUT2D eigenvalue weighted by Crippen LogP contribution is -2.20. The SMILES string of the molecule is Cc1cc(Cl)ccc1OCC(=O)Nc1nc(-c2ccc(-c3ccccc3)cc2)cs1. The number of carbonyl (C=O) groups excluding carboxylic acids is 1. The lowest BCUT2D eigenvalue weighted by molar-refractivity contribution is -0.118. The predicted molar refractivity (Wildman–Crippen MR) is 123 cm³/mol. The number of rotatable bonds is 6. The number of hydrogen-bond acceptors (Lipinski definition) is 4. The highest BCUT2D eigenvalue weighted by Crippen LogP contribution is 2.28. The zero-order valence-corrected chi connectivity index (χ0v) is 17.8. The van der Waals surface area contributed by atoms with E-state index in [0.717, 1.165) is 22.4 Å². The third kappa shape index (κ3) is 4.87. The quantitative estimate of drug-likeness (QED) is 0.379. The van der Waals surface area contributed by atoms with Gasteiger partial charge in [0.25, 0.3) is 5.91 Å². The van der Waals surface area contributed by atoms with Gasteiger partial charge in [-0.1, -0.05) is 66.2 Å². The van der Waals surface area contributed by atoms with E-state index < -0.39 is 0 Å². The molecule has 0 aliphatic rings. The molecule has 0 aliphatic heterocycles. The summed E-state index contributed by atoms with van der Waals surface area (Å²) < 4.78 is 5.58. The minimum Gasteiger partial charge on any atom is -0.483 e. The first-order valence-corrected chi connectivity index (χ1v) is 10.6. The fourth-order valence-corrected chi connectivity index (χ4v) is 3.96. The van der Waals surface area contributed by atoms with Crippen molar-refractivity contribution in [3.05, 3.63) is 88.8 Å². The van der Waals surface area contributed by atoms with Gasteiger partial charge in [-0.05, 0) is 41.8 Å². The molecule has 4 aromatic rings. The Bertz CT molecular complexity index is 1160. The minimum absolute atomic E-state index is 0.0941. The number of aryl methyl sites for hydroxylation is 1. The Morgan fingerprint density at radius 2 is 1.70 bits per heavy atom. The van der Waals surface area contributed by atoms with Crippen LogP contribution in [-0.4, -0.2) is 17.5 Å². The number of hydrogen-bond donors (Lipinski definition) is 1. The topological polar surface area (TPSA) is 51.2 Å². The second kappa shape index (κ2) is 9.11. The maximum absolute atomic E-state index is 12.2. The van der Waals surface area contributed by atoms with Crippen LogP contribution in [0.25, 0.3) is 22.4 Å². The number of halogens is 1. The monoisotopic (exact) mass is 434 g/mol. The molecule has 0 radical (unpaired) electrons. The molecule has 150 valence electrons.